The molecule has 0 atom stereocenters. The molecular formula is C28H30N6O3. The number of aromatic nitrogens is 3. The summed E-state index contributed by atoms with van der Waals surface area (Å²) in [6.45, 7) is 4.73. The summed E-state index contributed by atoms with van der Waals surface area (Å²) in [4.78, 5) is 25.8. The molecule has 9 heteroatoms. The first-order chi connectivity index (χ1) is 18.0. The van der Waals surface area contributed by atoms with Crippen molar-refractivity contribution in [3.63, 3.8) is 0 Å². The number of nitrogens with zero attached hydrogens (tertiary/aromatic N) is 5. The predicted molar refractivity (Wildman–Crippen MR) is 141 cm³/mol. The van der Waals surface area contributed by atoms with Crippen molar-refractivity contribution in [1.29, 1.82) is 0 Å². The van der Waals surface area contributed by atoms with Crippen LogP contribution in [0.3, 0.4) is 0 Å². The molecule has 4 aromatic rings. The highest BCUT2D eigenvalue weighted by Gasteiger charge is 2.23. The molecule has 1 aromatic heterocycles. The fraction of sp³-hybridized carbons (Fsp3) is 0.250. The van der Waals surface area contributed by atoms with Crippen LogP contribution in [0.5, 0.6) is 0 Å². The number of carbonyl (C=O) groups excluding carboxylic acids is 1. The first-order valence-electron chi connectivity index (χ1n) is 12.2. The maximum Gasteiger partial charge on any atom is 0.276 e. The molecule has 0 fully saturated rings. The van der Waals surface area contributed by atoms with Gasteiger partial charge in [0.15, 0.2) is 5.69 Å². The van der Waals surface area contributed by atoms with Crippen molar-refractivity contribution in [3.05, 3.63) is 123 Å². The second-order valence-corrected chi connectivity index (χ2v) is 8.79. The van der Waals surface area contributed by atoms with Crippen LogP contribution in [0.2, 0.25) is 0 Å². The molecule has 0 radical (unpaired) electrons. The Labute approximate surface area is 215 Å². The van der Waals surface area contributed by atoms with E-state index >= 15 is 0 Å². The molecule has 0 bridgehead atoms. The number of benzene rings is 3. The molecule has 1 amide bonds. The maximum absolute atomic E-state index is 13.5. The Kier molecular flexibility index (Phi) is 8.72. The number of aryl methyl sites for hydroxylation is 2. The summed E-state index contributed by atoms with van der Waals surface area (Å²) in [7, 11) is 0. The average molecular weight is 499 g/mol. The number of hydrogen-bond donors (Lipinski definition) is 1. The SMILES string of the molecule is Cc1c(C(=O)N(CCNCc2ccccc2)Cc2ccccc2)nnn1CCc1ccc([N+](=O)[O-])cc1. The Morgan fingerprint density at radius 2 is 1.59 bits per heavy atom. The highest BCUT2D eigenvalue weighted by Crippen LogP contribution is 2.15. The number of carbonyl (C=O) groups is 1. The molecule has 37 heavy (non-hydrogen) atoms. The van der Waals surface area contributed by atoms with Crippen LogP contribution >= 0.6 is 0 Å². The molecule has 0 saturated heterocycles. The van der Waals surface area contributed by atoms with E-state index in [4.69, 9.17) is 0 Å². The monoisotopic (exact) mass is 498 g/mol. The van der Waals surface area contributed by atoms with Gasteiger partial charge < -0.3 is 10.2 Å². The zero-order valence-electron chi connectivity index (χ0n) is 20.8. The van der Waals surface area contributed by atoms with Gasteiger partial charge in [-0.25, -0.2) is 4.68 Å². The molecule has 1 heterocycles. The van der Waals surface area contributed by atoms with Crippen LogP contribution in [0.25, 0.3) is 0 Å². The van der Waals surface area contributed by atoms with Crippen molar-refractivity contribution >= 4 is 11.6 Å². The van der Waals surface area contributed by atoms with Crippen LogP contribution in [-0.2, 0) is 26.1 Å². The van der Waals surface area contributed by atoms with Gasteiger partial charge in [0.1, 0.15) is 0 Å². The van der Waals surface area contributed by atoms with E-state index in [0.29, 0.717) is 44.0 Å². The van der Waals surface area contributed by atoms with Crippen LogP contribution in [0.15, 0.2) is 84.9 Å². The van der Waals surface area contributed by atoms with Gasteiger partial charge in [0, 0.05) is 44.9 Å². The normalized spacial score (nSPS) is 10.8. The lowest BCUT2D eigenvalue weighted by Crippen LogP contribution is -2.37. The van der Waals surface area contributed by atoms with E-state index in [1.165, 1.54) is 17.7 Å². The highest BCUT2D eigenvalue weighted by atomic mass is 16.6. The summed E-state index contributed by atoms with van der Waals surface area (Å²) in [6.07, 6.45) is 0.618. The fourth-order valence-corrected chi connectivity index (χ4v) is 4.04. The van der Waals surface area contributed by atoms with Crippen LogP contribution < -0.4 is 5.32 Å². The molecule has 4 rings (SSSR count). The minimum Gasteiger partial charge on any atom is -0.332 e. The third kappa shape index (κ3) is 7.08. The number of rotatable bonds is 12. The van der Waals surface area contributed by atoms with E-state index in [1.807, 2.05) is 55.5 Å². The molecule has 0 unspecified atom stereocenters. The third-order valence-electron chi connectivity index (χ3n) is 6.18. The largest absolute Gasteiger partial charge is 0.332 e. The molecule has 1 N–H and O–H groups in total. The summed E-state index contributed by atoms with van der Waals surface area (Å²) in [5.74, 6) is -0.163. The number of nitrogens with one attached hydrogen (secondary N) is 1. The molecular weight excluding hydrogens is 468 g/mol. The Hall–Kier alpha value is -4.37. The first-order valence-corrected chi connectivity index (χ1v) is 12.2. The number of hydrogen-bond acceptors (Lipinski definition) is 6. The molecule has 0 aliphatic carbocycles. The highest BCUT2D eigenvalue weighted by molar-refractivity contribution is 5.93. The van der Waals surface area contributed by atoms with Gasteiger partial charge in [-0.2, -0.15) is 0 Å². The van der Waals surface area contributed by atoms with Gasteiger partial charge in [-0.1, -0.05) is 78.0 Å². The summed E-state index contributed by atoms with van der Waals surface area (Å²) >= 11 is 0. The van der Waals surface area contributed by atoms with Crippen LogP contribution in [0.1, 0.15) is 32.9 Å². The molecule has 0 saturated carbocycles. The molecule has 190 valence electrons. The zero-order chi connectivity index (χ0) is 26.0. The van der Waals surface area contributed by atoms with Crippen molar-refractivity contribution in [2.24, 2.45) is 0 Å². The van der Waals surface area contributed by atoms with E-state index in [1.54, 1.807) is 21.7 Å². The molecule has 0 aliphatic rings. The van der Waals surface area contributed by atoms with E-state index in [9.17, 15) is 14.9 Å². The second kappa shape index (κ2) is 12.5. The van der Waals surface area contributed by atoms with Crippen molar-refractivity contribution in [2.75, 3.05) is 13.1 Å². The Balaban J connectivity index is 1.41. The standard InChI is InChI=1S/C28H30N6O3/c1-22-27(30-31-33(22)18-16-23-12-14-26(15-13-23)34(36)37)28(35)32(21-25-10-6-3-7-11-25)19-17-29-20-24-8-4-2-5-9-24/h2-15,29H,16-21H2,1H3. The molecule has 0 spiro atoms. The minimum absolute atomic E-state index is 0.0605. The van der Waals surface area contributed by atoms with Crippen molar-refractivity contribution < 1.29 is 9.72 Å². The lowest BCUT2D eigenvalue weighted by molar-refractivity contribution is -0.384. The van der Waals surface area contributed by atoms with Gasteiger partial charge in [0.2, 0.25) is 0 Å². The van der Waals surface area contributed by atoms with Crippen LogP contribution in [0, 0.1) is 17.0 Å². The van der Waals surface area contributed by atoms with Gasteiger partial charge in [0.25, 0.3) is 11.6 Å². The number of nitro groups is 1. The Morgan fingerprint density at radius 3 is 2.24 bits per heavy atom. The van der Waals surface area contributed by atoms with Gasteiger partial charge in [-0.15, -0.1) is 5.10 Å². The third-order valence-corrected chi connectivity index (χ3v) is 6.18. The van der Waals surface area contributed by atoms with E-state index in [2.05, 4.69) is 27.8 Å². The maximum atomic E-state index is 13.5. The van der Waals surface area contributed by atoms with Crippen molar-refractivity contribution in [2.45, 2.75) is 33.0 Å². The minimum atomic E-state index is -0.415. The topological polar surface area (TPSA) is 106 Å². The van der Waals surface area contributed by atoms with Gasteiger partial charge in [-0.3, -0.25) is 14.9 Å². The van der Waals surface area contributed by atoms with Crippen molar-refractivity contribution in [1.82, 2.24) is 25.2 Å². The van der Waals surface area contributed by atoms with Gasteiger partial charge in [0.05, 0.1) is 10.6 Å². The zero-order valence-corrected chi connectivity index (χ0v) is 20.8. The van der Waals surface area contributed by atoms with Gasteiger partial charge >= 0.3 is 0 Å². The quantitative estimate of drug-likeness (QED) is 0.179. The van der Waals surface area contributed by atoms with Gasteiger partial charge in [-0.05, 0) is 30.0 Å². The Morgan fingerprint density at radius 1 is 0.946 bits per heavy atom. The van der Waals surface area contributed by atoms with E-state index in [0.717, 1.165) is 17.7 Å². The van der Waals surface area contributed by atoms with Crippen molar-refractivity contribution in [3.8, 4) is 0 Å². The number of amides is 1. The summed E-state index contributed by atoms with van der Waals surface area (Å²) in [6, 6.07) is 26.5. The number of nitro benzene ring substituents is 1. The number of non-ortho nitro benzene ring substituents is 1. The molecule has 0 aliphatic heterocycles. The average Bonchev–Trinajstić information content (AvgIpc) is 3.30. The van der Waals surface area contributed by atoms with E-state index in [-0.39, 0.29) is 11.6 Å². The summed E-state index contributed by atoms with van der Waals surface area (Å²) in [5, 5.41) is 22.7. The lowest BCUT2D eigenvalue weighted by atomic mass is 10.1. The van der Waals surface area contributed by atoms with Crippen LogP contribution in [0.4, 0.5) is 5.69 Å². The van der Waals surface area contributed by atoms with E-state index < -0.39 is 4.92 Å². The Bertz CT molecular complexity index is 1310. The lowest BCUT2D eigenvalue weighted by Gasteiger charge is -2.22. The first kappa shape index (κ1) is 25.7. The van der Waals surface area contributed by atoms with Crippen LogP contribution in [-0.4, -0.2) is 43.8 Å². The predicted octanol–water partition coefficient (Wildman–Crippen LogP) is 4.17. The fourth-order valence-electron chi connectivity index (χ4n) is 4.04. The smallest absolute Gasteiger partial charge is 0.276 e. The second-order valence-electron chi connectivity index (χ2n) is 8.79. The summed E-state index contributed by atoms with van der Waals surface area (Å²) in [5.41, 5.74) is 4.27. The summed E-state index contributed by atoms with van der Waals surface area (Å²) < 4.78 is 1.71. The molecule has 9 nitrogen and oxygen atoms in total. The molecule has 3 aromatic carbocycles.